The Morgan fingerprint density at radius 2 is 1.76 bits per heavy atom. The summed E-state index contributed by atoms with van der Waals surface area (Å²) < 4.78 is 28.6. The third kappa shape index (κ3) is 3.74. The molecule has 1 heterocycles. The number of para-hydroxylation sites is 1. The number of anilines is 1. The van der Waals surface area contributed by atoms with Crippen molar-refractivity contribution in [1.82, 2.24) is 19.8 Å². The Bertz CT molecular complexity index is 1120. The zero-order chi connectivity index (χ0) is 21.1. The fraction of sp³-hybridized carbons (Fsp3) is 0.167. The lowest BCUT2D eigenvalue weighted by molar-refractivity contribution is 0.0697. The van der Waals surface area contributed by atoms with Crippen molar-refractivity contribution in [2.75, 3.05) is 11.4 Å². The Balaban J connectivity index is 2.05. The highest BCUT2D eigenvalue weighted by atomic mass is 19.1. The molecule has 3 rings (SSSR count). The van der Waals surface area contributed by atoms with E-state index in [1.807, 2.05) is 0 Å². The first-order valence-electron chi connectivity index (χ1n) is 8.49. The molecule has 0 atom stereocenters. The van der Waals surface area contributed by atoms with Gasteiger partial charge in [0.05, 0.1) is 5.56 Å². The number of halogens is 2. The van der Waals surface area contributed by atoms with Crippen LogP contribution in [0.2, 0.25) is 0 Å². The molecule has 150 valence electrons. The van der Waals surface area contributed by atoms with Gasteiger partial charge in [-0.05, 0) is 47.2 Å². The number of tetrazole rings is 1. The van der Waals surface area contributed by atoms with E-state index in [1.165, 1.54) is 24.3 Å². The van der Waals surface area contributed by atoms with Crippen LogP contribution in [0.25, 0.3) is 5.69 Å². The van der Waals surface area contributed by atoms with Crippen LogP contribution in [-0.2, 0) is 0 Å². The van der Waals surface area contributed by atoms with Crippen LogP contribution in [0.15, 0.2) is 47.3 Å². The third-order valence-electron chi connectivity index (χ3n) is 3.99. The van der Waals surface area contributed by atoms with Crippen molar-refractivity contribution >= 4 is 17.7 Å². The van der Waals surface area contributed by atoms with E-state index in [-0.39, 0.29) is 17.8 Å². The number of carbonyl (C=O) groups is 2. The first-order chi connectivity index (χ1) is 13.8. The molecule has 1 N–H and O–H groups in total. The summed E-state index contributed by atoms with van der Waals surface area (Å²) in [5, 5.41) is 16.0. The van der Waals surface area contributed by atoms with E-state index in [4.69, 9.17) is 5.11 Å². The summed E-state index contributed by atoms with van der Waals surface area (Å²) in [5.41, 5.74) is -1.77. The molecule has 0 unspecified atom stereocenters. The number of aromatic carboxylic acids is 1. The summed E-state index contributed by atoms with van der Waals surface area (Å²) in [6.45, 7) is 1.91. The molecule has 0 radical (unpaired) electrons. The zero-order valence-electron chi connectivity index (χ0n) is 15.1. The number of aromatic nitrogens is 4. The molecule has 1 amide bonds. The molecule has 0 fully saturated rings. The maximum Gasteiger partial charge on any atom is 0.377 e. The van der Waals surface area contributed by atoms with Crippen molar-refractivity contribution < 1.29 is 23.5 Å². The first-order valence-corrected chi connectivity index (χ1v) is 8.49. The molecular formula is C18H15F2N5O4. The smallest absolute Gasteiger partial charge is 0.377 e. The molecule has 0 aliphatic carbocycles. The molecule has 9 nitrogen and oxygen atoms in total. The topological polar surface area (TPSA) is 110 Å². The third-order valence-corrected chi connectivity index (χ3v) is 3.99. The van der Waals surface area contributed by atoms with Gasteiger partial charge in [-0.25, -0.2) is 23.2 Å². The summed E-state index contributed by atoms with van der Waals surface area (Å²) in [6, 6.07) is 7.61. The van der Waals surface area contributed by atoms with Gasteiger partial charge in [0, 0.05) is 12.2 Å². The molecule has 0 aliphatic rings. The molecule has 0 bridgehead atoms. The highest BCUT2D eigenvalue weighted by Gasteiger charge is 2.25. The lowest BCUT2D eigenvalue weighted by Gasteiger charge is -2.21. The van der Waals surface area contributed by atoms with Gasteiger partial charge in [0.1, 0.15) is 5.69 Å². The number of carboxylic acid groups (broad SMARTS) is 1. The van der Waals surface area contributed by atoms with Crippen molar-refractivity contribution in [3.05, 3.63) is 70.1 Å². The van der Waals surface area contributed by atoms with Crippen LogP contribution in [0.4, 0.5) is 19.3 Å². The largest absolute Gasteiger partial charge is 0.478 e. The van der Waals surface area contributed by atoms with Crippen LogP contribution < -0.4 is 10.6 Å². The molecule has 3 aromatic rings. The normalized spacial score (nSPS) is 10.7. The summed E-state index contributed by atoms with van der Waals surface area (Å²) >= 11 is 0. The number of hydrogen-bond donors (Lipinski definition) is 1. The standard InChI is InChI=1S/C18H15F2N5O4/c1-2-9-23(12-6-3-5-11(10-12)16(26)27)17(28)25-18(29)24(21-22-25)15-13(19)7-4-8-14(15)20/h3-8,10H,2,9H2,1H3,(H,26,27). The van der Waals surface area contributed by atoms with Crippen molar-refractivity contribution in [3.8, 4) is 5.69 Å². The SMILES string of the molecule is CCCN(C(=O)n1nnn(-c2c(F)cccc2F)c1=O)c1cccc(C(=O)O)c1. The predicted octanol–water partition coefficient (Wildman–Crippen LogP) is 2.29. The fourth-order valence-corrected chi connectivity index (χ4v) is 2.68. The maximum atomic E-state index is 14.0. The Kier molecular flexibility index (Phi) is 5.48. The Labute approximate surface area is 162 Å². The van der Waals surface area contributed by atoms with E-state index in [2.05, 4.69) is 10.4 Å². The van der Waals surface area contributed by atoms with Crippen molar-refractivity contribution in [1.29, 1.82) is 0 Å². The van der Waals surface area contributed by atoms with Crippen molar-refractivity contribution in [2.24, 2.45) is 0 Å². The number of benzene rings is 2. The highest BCUT2D eigenvalue weighted by molar-refractivity contribution is 5.95. The molecule has 0 saturated heterocycles. The molecular weight excluding hydrogens is 388 g/mol. The van der Waals surface area contributed by atoms with Gasteiger partial charge < -0.3 is 5.11 Å². The van der Waals surface area contributed by atoms with Gasteiger partial charge >= 0.3 is 17.7 Å². The zero-order valence-corrected chi connectivity index (χ0v) is 15.1. The molecule has 1 aromatic heterocycles. The quantitative estimate of drug-likeness (QED) is 0.655. The van der Waals surface area contributed by atoms with Crippen LogP contribution in [0.5, 0.6) is 0 Å². The lowest BCUT2D eigenvalue weighted by atomic mass is 10.2. The fourth-order valence-electron chi connectivity index (χ4n) is 2.68. The lowest BCUT2D eigenvalue weighted by Crippen LogP contribution is -2.41. The van der Waals surface area contributed by atoms with Crippen molar-refractivity contribution in [3.63, 3.8) is 0 Å². The van der Waals surface area contributed by atoms with Crippen LogP contribution >= 0.6 is 0 Å². The Hall–Kier alpha value is -3.89. The molecule has 11 heteroatoms. The summed E-state index contributed by atoms with van der Waals surface area (Å²) in [5.74, 6) is -3.29. The molecule has 29 heavy (non-hydrogen) atoms. The van der Waals surface area contributed by atoms with E-state index >= 15 is 0 Å². The molecule has 2 aromatic carbocycles. The van der Waals surface area contributed by atoms with E-state index in [0.717, 1.165) is 23.1 Å². The minimum absolute atomic E-state index is 0.0548. The van der Waals surface area contributed by atoms with Gasteiger partial charge in [-0.3, -0.25) is 4.90 Å². The van der Waals surface area contributed by atoms with Gasteiger partial charge in [-0.1, -0.05) is 19.1 Å². The average molecular weight is 403 g/mol. The minimum atomic E-state index is -1.19. The van der Waals surface area contributed by atoms with E-state index in [0.29, 0.717) is 15.8 Å². The second kappa shape index (κ2) is 8.00. The molecule has 0 spiro atoms. The number of carbonyl (C=O) groups excluding carboxylic acids is 1. The van der Waals surface area contributed by atoms with Gasteiger partial charge in [-0.2, -0.15) is 4.68 Å². The first kappa shape index (κ1) is 19.9. The maximum absolute atomic E-state index is 14.0. The Morgan fingerprint density at radius 3 is 2.38 bits per heavy atom. The summed E-state index contributed by atoms with van der Waals surface area (Å²) in [6.07, 6.45) is 0.480. The summed E-state index contributed by atoms with van der Waals surface area (Å²) in [4.78, 5) is 37.8. The van der Waals surface area contributed by atoms with Crippen LogP contribution in [0.3, 0.4) is 0 Å². The number of nitrogens with zero attached hydrogens (tertiary/aromatic N) is 5. The second-order valence-corrected chi connectivity index (χ2v) is 5.95. The van der Waals surface area contributed by atoms with Crippen LogP contribution in [0.1, 0.15) is 23.7 Å². The molecule has 0 aliphatic heterocycles. The van der Waals surface area contributed by atoms with Crippen LogP contribution in [-0.4, -0.2) is 43.4 Å². The Morgan fingerprint density at radius 1 is 1.10 bits per heavy atom. The van der Waals surface area contributed by atoms with Crippen LogP contribution in [0, 0.1) is 11.6 Å². The van der Waals surface area contributed by atoms with Gasteiger partial charge in [0.15, 0.2) is 11.6 Å². The van der Waals surface area contributed by atoms with Crippen molar-refractivity contribution in [2.45, 2.75) is 13.3 Å². The van der Waals surface area contributed by atoms with Gasteiger partial charge in [-0.15, -0.1) is 4.68 Å². The number of carboxylic acids is 1. The summed E-state index contributed by atoms with van der Waals surface area (Å²) in [7, 11) is 0. The van der Waals surface area contributed by atoms with Gasteiger partial charge in [0.25, 0.3) is 0 Å². The number of amides is 1. The average Bonchev–Trinajstić information content (AvgIpc) is 3.07. The predicted molar refractivity (Wildman–Crippen MR) is 97.4 cm³/mol. The van der Waals surface area contributed by atoms with E-state index in [9.17, 15) is 23.2 Å². The van der Waals surface area contributed by atoms with Gasteiger partial charge in [0.2, 0.25) is 0 Å². The number of hydrogen-bond acceptors (Lipinski definition) is 5. The monoisotopic (exact) mass is 403 g/mol. The molecule has 0 saturated carbocycles. The second-order valence-electron chi connectivity index (χ2n) is 5.95. The highest BCUT2D eigenvalue weighted by Crippen LogP contribution is 2.18. The van der Waals surface area contributed by atoms with E-state index in [1.54, 1.807) is 6.92 Å². The number of rotatable bonds is 5. The minimum Gasteiger partial charge on any atom is -0.478 e. The van der Waals surface area contributed by atoms with E-state index < -0.39 is 35.0 Å².